The lowest BCUT2D eigenvalue weighted by atomic mass is 10.1. The summed E-state index contributed by atoms with van der Waals surface area (Å²) in [5.74, 6) is -3.02. The number of carbonyl (C=O) groups is 1. The monoisotopic (exact) mass is 456 g/mol. The van der Waals surface area contributed by atoms with Crippen LogP contribution in [-0.4, -0.2) is 40.3 Å². The summed E-state index contributed by atoms with van der Waals surface area (Å²) in [5.41, 5.74) is 1.12. The molecule has 0 heterocycles. The number of ether oxygens (including phenoxy) is 3. The van der Waals surface area contributed by atoms with E-state index >= 15 is 0 Å². The Kier molecular flexibility index (Phi) is 9.07. The van der Waals surface area contributed by atoms with Gasteiger partial charge in [0.05, 0.1) is 26.8 Å². The predicted octanol–water partition coefficient (Wildman–Crippen LogP) is 6.46. The third kappa shape index (κ3) is 6.28. The van der Waals surface area contributed by atoms with Gasteiger partial charge >= 0.3 is 5.97 Å². The van der Waals surface area contributed by atoms with Gasteiger partial charge in [0.2, 0.25) is 0 Å². The summed E-state index contributed by atoms with van der Waals surface area (Å²) in [6, 6.07) is 7.83. The van der Waals surface area contributed by atoms with Crippen molar-refractivity contribution in [2.45, 2.75) is 82.7 Å². The molecule has 0 radical (unpaired) electrons. The molecular weight excluding hydrogens is 418 g/mol. The van der Waals surface area contributed by atoms with Gasteiger partial charge in [-0.2, -0.15) is 0 Å². The van der Waals surface area contributed by atoms with Gasteiger partial charge in [0, 0.05) is 19.4 Å². The molecule has 0 spiro atoms. The van der Waals surface area contributed by atoms with Crippen molar-refractivity contribution >= 4 is 14.0 Å². The van der Waals surface area contributed by atoms with Crippen molar-refractivity contribution in [1.29, 1.82) is 0 Å². The van der Waals surface area contributed by atoms with Crippen LogP contribution in [0.2, 0.25) is 24.7 Å². The molecule has 1 aromatic carbocycles. The first kappa shape index (κ1) is 25.8. The van der Waals surface area contributed by atoms with E-state index in [2.05, 4.69) is 0 Å². The zero-order chi connectivity index (χ0) is 23.1. The standard InChI is InChI=1S/C24H38F2O4Si/c1-19(27)30-18-23(31(3,4)5)22(24(23,25)26)11-9-7-6-8-10-16-29-17-20-12-14-21(28-2)15-13-20/h12-15,22H,6-11,16-18H2,1-5H3. The van der Waals surface area contributed by atoms with Gasteiger partial charge in [0.1, 0.15) is 12.4 Å². The summed E-state index contributed by atoms with van der Waals surface area (Å²) in [6.07, 6.45) is 5.28. The molecule has 0 N–H and O–H groups in total. The van der Waals surface area contributed by atoms with Gasteiger partial charge in [-0.1, -0.05) is 57.5 Å². The fraction of sp³-hybridized carbons (Fsp3) is 0.708. The van der Waals surface area contributed by atoms with Crippen molar-refractivity contribution in [2.75, 3.05) is 20.3 Å². The van der Waals surface area contributed by atoms with Crippen molar-refractivity contribution in [1.82, 2.24) is 0 Å². The highest BCUT2D eigenvalue weighted by molar-refractivity contribution is 6.80. The maximum absolute atomic E-state index is 14.8. The first-order chi connectivity index (χ1) is 14.6. The molecule has 0 amide bonds. The van der Waals surface area contributed by atoms with E-state index in [1.807, 2.05) is 43.9 Å². The number of halogens is 2. The molecule has 4 nitrogen and oxygen atoms in total. The number of rotatable bonds is 14. The van der Waals surface area contributed by atoms with E-state index < -0.39 is 30.9 Å². The molecule has 1 aromatic rings. The second-order valence-electron chi connectivity index (χ2n) is 9.63. The van der Waals surface area contributed by atoms with Crippen LogP contribution in [0.25, 0.3) is 0 Å². The highest BCUT2D eigenvalue weighted by Gasteiger charge is 2.84. The molecule has 1 saturated carbocycles. The fourth-order valence-corrected chi connectivity index (χ4v) is 7.58. The Morgan fingerprint density at radius 1 is 1.03 bits per heavy atom. The molecule has 7 heteroatoms. The minimum absolute atomic E-state index is 0.138. The smallest absolute Gasteiger partial charge is 0.302 e. The van der Waals surface area contributed by atoms with Gasteiger partial charge in [-0.3, -0.25) is 4.79 Å². The van der Waals surface area contributed by atoms with Crippen molar-refractivity contribution in [3.05, 3.63) is 29.8 Å². The summed E-state index contributed by atoms with van der Waals surface area (Å²) in [7, 11) is -0.567. The number of esters is 1. The van der Waals surface area contributed by atoms with E-state index in [0.717, 1.165) is 43.4 Å². The van der Waals surface area contributed by atoms with Crippen LogP contribution in [0.1, 0.15) is 51.0 Å². The van der Waals surface area contributed by atoms with E-state index in [4.69, 9.17) is 14.2 Å². The van der Waals surface area contributed by atoms with Crippen molar-refractivity contribution in [3.8, 4) is 5.75 Å². The second-order valence-corrected chi connectivity index (χ2v) is 15.0. The molecule has 2 rings (SSSR count). The van der Waals surface area contributed by atoms with Gasteiger partial charge < -0.3 is 14.2 Å². The molecule has 0 saturated heterocycles. The normalized spacial score (nSPS) is 22.2. The Morgan fingerprint density at radius 3 is 2.23 bits per heavy atom. The van der Waals surface area contributed by atoms with Gasteiger partial charge in [0.15, 0.2) is 0 Å². The second kappa shape index (κ2) is 10.9. The number of benzene rings is 1. The average Bonchev–Trinajstić information content (AvgIpc) is 3.20. The molecule has 0 aromatic heterocycles. The summed E-state index contributed by atoms with van der Waals surface area (Å²) in [6.45, 7) is 8.30. The van der Waals surface area contributed by atoms with E-state index in [1.54, 1.807) is 7.11 Å². The van der Waals surface area contributed by atoms with Crippen LogP contribution in [-0.2, 0) is 20.9 Å². The number of alkyl halides is 2. The quantitative estimate of drug-likeness (QED) is 0.183. The summed E-state index contributed by atoms with van der Waals surface area (Å²) in [5, 5.41) is -1.11. The molecule has 0 bridgehead atoms. The van der Waals surface area contributed by atoms with Crippen molar-refractivity contribution in [3.63, 3.8) is 0 Å². The van der Waals surface area contributed by atoms with E-state index in [0.29, 0.717) is 19.6 Å². The SMILES string of the molecule is COc1ccc(COCCCCCCCC2C(F)(F)C2(COC(C)=O)[Si](C)(C)C)cc1. The van der Waals surface area contributed by atoms with Gasteiger partial charge in [-0.15, -0.1) is 0 Å². The summed E-state index contributed by atoms with van der Waals surface area (Å²) < 4.78 is 45.5. The van der Waals surface area contributed by atoms with Crippen molar-refractivity contribution in [2.24, 2.45) is 5.92 Å². The van der Waals surface area contributed by atoms with Crippen LogP contribution in [0.3, 0.4) is 0 Å². The lowest BCUT2D eigenvalue weighted by Crippen LogP contribution is -2.38. The van der Waals surface area contributed by atoms with Gasteiger partial charge in [0.25, 0.3) is 5.92 Å². The average molecular weight is 457 g/mol. The maximum atomic E-state index is 14.8. The largest absolute Gasteiger partial charge is 0.497 e. The minimum Gasteiger partial charge on any atom is -0.497 e. The minimum atomic E-state index is -2.72. The number of hydrogen-bond donors (Lipinski definition) is 0. The third-order valence-electron chi connectivity index (χ3n) is 6.59. The van der Waals surface area contributed by atoms with E-state index in [9.17, 15) is 13.6 Å². The van der Waals surface area contributed by atoms with E-state index in [-0.39, 0.29) is 6.61 Å². The number of hydrogen-bond acceptors (Lipinski definition) is 4. The molecule has 2 unspecified atom stereocenters. The Bertz CT molecular complexity index is 703. The lowest BCUT2D eigenvalue weighted by molar-refractivity contribution is -0.141. The predicted molar refractivity (Wildman–Crippen MR) is 121 cm³/mol. The first-order valence-electron chi connectivity index (χ1n) is 11.3. The zero-order valence-electron chi connectivity index (χ0n) is 19.6. The summed E-state index contributed by atoms with van der Waals surface area (Å²) >= 11 is 0. The Hall–Kier alpha value is -1.47. The number of carbonyl (C=O) groups excluding carboxylic acids is 1. The zero-order valence-corrected chi connectivity index (χ0v) is 20.6. The number of unbranched alkanes of at least 4 members (excludes halogenated alkanes) is 4. The maximum Gasteiger partial charge on any atom is 0.302 e. The Labute approximate surface area is 186 Å². The Morgan fingerprint density at radius 2 is 1.65 bits per heavy atom. The molecule has 176 valence electrons. The molecule has 1 fully saturated rings. The number of methoxy groups -OCH3 is 1. The first-order valence-corrected chi connectivity index (χ1v) is 14.8. The fourth-order valence-electron chi connectivity index (χ4n) is 4.61. The van der Waals surface area contributed by atoms with Crippen LogP contribution in [0.15, 0.2) is 24.3 Å². The molecular formula is C24H38F2O4Si. The molecule has 1 aliphatic rings. The van der Waals surface area contributed by atoms with Crippen molar-refractivity contribution < 1.29 is 27.8 Å². The topological polar surface area (TPSA) is 44.8 Å². The highest BCUT2D eigenvalue weighted by Crippen LogP contribution is 2.77. The Balaban J connectivity index is 1.61. The van der Waals surface area contributed by atoms with Gasteiger partial charge in [-0.25, -0.2) is 8.78 Å². The lowest BCUT2D eigenvalue weighted by Gasteiger charge is -2.29. The highest BCUT2D eigenvalue weighted by atomic mass is 28.3. The molecule has 1 aliphatic carbocycles. The van der Waals surface area contributed by atoms with Crippen LogP contribution in [0.4, 0.5) is 8.78 Å². The van der Waals surface area contributed by atoms with Crippen LogP contribution >= 0.6 is 0 Å². The molecule has 31 heavy (non-hydrogen) atoms. The van der Waals surface area contributed by atoms with Crippen LogP contribution < -0.4 is 4.74 Å². The van der Waals surface area contributed by atoms with Crippen LogP contribution in [0.5, 0.6) is 5.75 Å². The van der Waals surface area contributed by atoms with E-state index in [1.165, 1.54) is 6.92 Å². The van der Waals surface area contributed by atoms with Gasteiger partial charge in [-0.05, 0) is 30.5 Å². The third-order valence-corrected chi connectivity index (χ3v) is 10.1. The molecule has 0 aliphatic heterocycles. The molecule has 2 atom stereocenters. The summed E-state index contributed by atoms with van der Waals surface area (Å²) in [4.78, 5) is 11.2. The van der Waals surface area contributed by atoms with Crippen LogP contribution in [0, 0.1) is 5.92 Å².